The lowest BCUT2D eigenvalue weighted by Crippen LogP contribution is -2.64. The third-order valence-corrected chi connectivity index (χ3v) is 12.0. The number of hydrogen-bond donors (Lipinski definition) is 4. The summed E-state index contributed by atoms with van der Waals surface area (Å²) in [5.74, 6) is -2.77. The smallest absolute Gasteiger partial charge is 0.315 e. The maximum absolute atomic E-state index is 14.3. The van der Waals surface area contributed by atoms with E-state index in [1.165, 1.54) is 11.0 Å². The molecule has 0 spiro atoms. The van der Waals surface area contributed by atoms with E-state index in [9.17, 15) is 32.4 Å². The van der Waals surface area contributed by atoms with Crippen molar-refractivity contribution in [2.24, 2.45) is 22.7 Å². The Balaban J connectivity index is 1.84. The van der Waals surface area contributed by atoms with Crippen LogP contribution in [0.5, 0.6) is 0 Å². The average molecular weight is 666 g/mol. The number of carbonyl (C=O) groups is 5. The average Bonchev–Trinajstić information content (AvgIpc) is 3.28. The van der Waals surface area contributed by atoms with Gasteiger partial charge in [-0.2, -0.15) is 0 Å². The molecule has 5 atom stereocenters. The number of likely N-dealkylation sites (tertiary alicyclic amines) is 1. The Hall–Kier alpha value is -2.96. The van der Waals surface area contributed by atoms with Gasteiger partial charge in [0.2, 0.25) is 17.6 Å². The molecule has 5 amide bonds. The number of fused-ring (bicyclic) bond motifs is 1. The largest absolute Gasteiger partial charge is 0.346 e. The molecule has 3 fully saturated rings. The van der Waals surface area contributed by atoms with E-state index in [0.29, 0.717) is 25.8 Å². The van der Waals surface area contributed by atoms with Gasteiger partial charge in [-0.25, -0.2) is 13.2 Å². The highest BCUT2D eigenvalue weighted by Gasteiger charge is 2.70. The number of carbonyl (C=O) groups excluding carboxylic acids is 5. The van der Waals surface area contributed by atoms with Crippen molar-refractivity contribution in [3.63, 3.8) is 0 Å². The van der Waals surface area contributed by atoms with E-state index < -0.39 is 68.5 Å². The molecule has 0 bridgehead atoms. The molecule has 2 saturated carbocycles. The second-order valence-corrected chi connectivity index (χ2v) is 17.4. The molecule has 0 radical (unpaired) electrons. The van der Waals surface area contributed by atoms with Gasteiger partial charge in [-0.3, -0.25) is 19.2 Å². The predicted octanol–water partition coefficient (Wildman–Crippen LogP) is 2.48. The van der Waals surface area contributed by atoms with Crippen molar-refractivity contribution in [1.82, 2.24) is 26.2 Å². The molecule has 4 N–H and O–H groups in total. The summed E-state index contributed by atoms with van der Waals surface area (Å²) < 4.78 is 25.3. The standard InChI is InChI=1S/C33H55N5O7S/c1-9-15-22(25(39)28(41)34-18-10-2)35-27(40)24-23-21(32(23,7)8)19-38(24)29(42)26(31(4,5)6)36-30(43)37-33(16-13-12-14-17-33)20-46(44,45)11-3/h10,21-24,26H,2,9,11-20H2,1,3-8H3,(H,34,41)(H,35,40)(H2,36,37,43)/t21?,22?,23-,24-,26+/m0/s1. The number of Topliss-reactive ketones (excluding diaryl/α,β-unsaturated/α-hetero) is 1. The zero-order valence-electron chi connectivity index (χ0n) is 28.7. The van der Waals surface area contributed by atoms with Crippen LogP contribution in [0.15, 0.2) is 12.7 Å². The molecule has 46 heavy (non-hydrogen) atoms. The van der Waals surface area contributed by atoms with E-state index in [1.54, 1.807) is 6.92 Å². The van der Waals surface area contributed by atoms with Gasteiger partial charge >= 0.3 is 6.03 Å². The van der Waals surface area contributed by atoms with Crippen LogP contribution in [-0.4, -0.2) is 91.1 Å². The quantitative estimate of drug-likeness (QED) is 0.163. The van der Waals surface area contributed by atoms with E-state index in [4.69, 9.17) is 0 Å². The summed E-state index contributed by atoms with van der Waals surface area (Å²) >= 11 is 0. The van der Waals surface area contributed by atoms with Gasteiger partial charge in [-0.15, -0.1) is 6.58 Å². The second-order valence-electron chi connectivity index (χ2n) is 15.0. The monoisotopic (exact) mass is 665 g/mol. The van der Waals surface area contributed by atoms with E-state index in [1.807, 2.05) is 41.5 Å². The zero-order chi connectivity index (χ0) is 34.7. The van der Waals surface area contributed by atoms with Crippen LogP contribution in [0.3, 0.4) is 0 Å². The Bertz CT molecular complexity index is 1300. The van der Waals surface area contributed by atoms with Crippen LogP contribution in [-0.2, 0) is 29.0 Å². The fourth-order valence-corrected chi connectivity index (χ4v) is 8.72. The third-order valence-electron chi connectivity index (χ3n) is 10.1. The zero-order valence-corrected chi connectivity index (χ0v) is 29.5. The maximum Gasteiger partial charge on any atom is 0.315 e. The molecule has 3 aliphatic rings. The first-order valence-corrected chi connectivity index (χ1v) is 18.5. The van der Waals surface area contributed by atoms with Gasteiger partial charge in [0, 0.05) is 18.8 Å². The lowest BCUT2D eigenvalue weighted by atomic mass is 9.83. The normalized spacial score (nSPS) is 24.5. The number of amides is 5. The number of nitrogens with zero attached hydrogens (tertiary/aromatic N) is 1. The summed E-state index contributed by atoms with van der Waals surface area (Å²) in [4.78, 5) is 68.6. The summed E-state index contributed by atoms with van der Waals surface area (Å²) in [5, 5.41) is 11.0. The first-order chi connectivity index (χ1) is 21.3. The highest BCUT2D eigenvalue weighted by atomic mass is 32.2. The Morgan fingerprint density at radius 1 is 1.02 bits per heavy atom. The molecule has 1 heterocycles. The molecule has 2 unspecified atom stereocenters. The summed E-state index contributed by atoms with van der Waals surface area (Å²) in [6, 6.07) is -3.57. The number of rotatable bonds is 14. The Morgan fingerprint density at radius 3 is 2.20 bits per heavy atom. The van der Waals surface area contributed by atoms with Crippen LogP contribution in [0.1, 0.15) is 93.4 Å². The van der Waals surface area contributed by atoms with Crippen molar-refractivity contribution in [1.29, 1.82) is 0 Å². The van der Waals surface area contributed by atoms with Gasteiger partial charge in [-0.1, -0.05) is 80.2 Å². The number of hydrogen-bond acceptors (Lipinski definition) is 7. The Morgan fingerprint density at radius 2 is 1.65 bits per heavy atom. The maximum atomic E-state index is 14.3. The second kappa shape index (κ2) is 14.4. The fourth-order valence-electron chi connectivity index (χ4n) is 7.32. The van der Waals surface area contributed by atoms with Crippen LogP contribution in [0.4, 0.5) is 4.79 Å². The molecule has 0 aromatic carbocycles. The van der Waals surface area contributed by atoms with Crippen molar-refractivity contribution in [3.8, 4) is 0 Å². The summed E-state index contributed by atoms with van der Waals surface area (Å²) in [7, 11) is -3.38. The molecule has 3 rings (SSSR count). The van der Waals surface area contributed by atoms with Crippen LogP contribution in [0.25, 0.3) is 0 Å². The van der Waals surface area contributed by atoms with Crippen LogP contribution in [0, 0.1) is 22.7 Å². The molecular weight excluding hydrogens is 610 g/mol. The minimum atomic E-state index is -3.38. The van der Waals surface area contributed by atoms with Crippen LogP contribution >= 0.6 is 0 Å². The van der Waals surface area contributed by atoms with Crippen molar-refractivity contribution < 1.29 is 32.4 Å². The summed E-state index contributed by atoms with van der Waals surface area (Å²) in [6.07, 6.45) is 5.87. The Labute approximate surface area is 274 Å². The Kier molecular flexibility index (Phi) is 11.8. The minimum Gasteiger partial charge on any atom is -0.346 e. The van der Waals surface area contributed by atoms with Crippen LogP contribution in [0.2, 0.25) is 0 Å². The number of nitrogens with one attached hydrogen (secondary N) is 4. The number of urea groups is 1. The highest BCUT2D eigenvalue weighted by molar-refractivity contribution is 7.91. The molecule has 0 aromatic rings. The van der Waals surface area contributed by atoms with Gasteiger partial charge in [0.1, 0.15) is 12.1 Å². The molecule has 12 nitrogen and oxygen atoms in total. The van der Waals surface area contributed by atoms with Gasteiger partial charge in [-0.05, 0) is 41.9 Å². The number of ketones is 1. The fraction of sp³-hybridized carbons (Fsp3) is 0.788. The number of piperidine rings is 1. The van der Waals surface area contributed by atoms with Crippen molar-refractivity contribution >= 4 is 39.4 Å². The molecule has 260 valence electrons. The third kappa shape index (κ3) is 8.49. The van der Waals surface area contributed by atoms with E-state index >= 15 is 0 Å². The van der Waals surface area contributed by atoms with Crippen LogP contribution < -0.4 is 21.3 Å². The molecular formula is C33H55N5O7S. The predicted molar refractivity (Wildman–Crippen MR) is 176 cm³/mol. The highest BCUT2D eigenvalue weighted by Crippen LogP contribution is 2.65. The van der Waals surface area contributed by atoms with Crippen molar-refractivity contribution in [2.75, 3.05) is 24.6 Å². The minimum absolute atomic E-state index is 0.0253. The van der Waals surface area contributed by atoms with Crippen molar-refractivity contribution in [3.05, 3.63) is 12.7 Å². The SMILES string of the molecule is C=CCNC(=O)C(=O)C(CCC)NC(=O)[C@@H]1[C@@H]2C(CN1C(=O)[C@@H](NC(=O)NC1(CS(=O)(=O)CC)CCCCC1)C(C)(C)C)C2(C)C. The molecule has 1 aliphatic heterocycles. The van der Waals surface area contributed by atoms with E-state index in [0.717, 1.165) is 19.3 Å². The first-order valence-electron chi connectivity index (χ1n) is 16.7. The molecule has 13 heteroatoms. The first kappa shape index (κ1) is 37.5. The van der Waals surface area contributed by atoms with Gasteiger partial charge in [0.25, 0.3) is 5.91 Å². The summed E-state index contributed by atoms with van der Waals surface area (Å²) in [6.45, 7) is 17.0. The molecule has 2 aliphatic carbocycles. The summed E-state index contributed by atoms with van der Waals surface area (Å²) in [5.41, 5.74) is -1.87. The molecule has 0 aromatic heterocycles. The lowest BCUT2D eigenvalue weighted by molar-refractivity contribution is -0.145. The lowest BCUT2D eigenvalue weighted by Gasteiger charge is -2.40. The molecule has 1 saturated heterocycles. The topological polar surface area (TPSA) is 171 Å². The number of sulfone groups is 1. The van der Waals surface area contributed by atoms with Gasteiger partial charge < -0.3 is 26.2 Å². The van der Waals surface area contributed by atoms with E-state index in [-0.39, 0.29) is 41.7 Å². The van der Waals surface area contributed by atoms with Gasteiger partial charge in [0.15, 0.2) is 9.84 Å². The van der Waals surface area contributed by atoms with Gasteiger partial charge in [0.05, 0.1) is 17.3 Å². The van der Waals surface area contributed by atoms with E-state index in [2.05, 4.69) is 27.8 Å². The van der Waals surface area contributed by atoms with Crippen molar-refractivity contribution in [2.45, 2.75) is 117 Å².